The van der Waals surface area contributed by atoms with E-state index in [2.05, 4.69) is 9.97 Å². The van der Waals surface area contributed by atoms with E-state index in [4.69, 9.17) is 9.84 Å². The molecule has 0 aliphatic carbocycles. The Bertz CT molecular complexity index is 544. The third kappa shape index (κ3) is 2.82. The molecule has 1 heterocycles. The lowest BCUT2D eigenvalue weighted by molar-refractivity contribution is 0.273. The van der Waals surface area contributed by atoms with Gasteiger partial charge in [0.25, 0.3) is 0 Å². The number of hydrogen-bond donors (Lipinski definition) is 2. The smallest absolute Gasteiger partial charge is 0.228 e. The second-order valence-corrected chi connectivity index (χ2v) is 3.81. The van der Waals surface area contributed by atoms with Crippen LogP contribution in [-0.2, 0) is 13.2 Å². The van der Waals surface area contributed by atoms with Crippen molar-refractivity contribution in [2.75, 3.05) is 0 Å². The summed E-state index contributed by atoms with van der Waals surface area (Å²) in [6.45, 7) is 1.51. The minimum Gasteiger partial charge on any atom is -0.439 e. The number of rotatable bonds is 4. The Morgan fingerprint density at radius 2 is 2.06 bits per heavy atom. The average molecular weight is 246 g/mol. The highest BCUT2D eigenvalue weighted by Crippen LogP contribution is 2.23. The Hall–Kier alpha value is -1.98. The van der Waals surface area contributed by atoms with E-state index < -0.39 is 0 Å². The van der Waals surface area contributed by atoms with Crippen molar-refractivity contribution in [3.8, 4) is 11.6 Å². The van der Waals surface area contributed by atoms with Gasteiger partial charge >= 0.3 is 0 Å². The summed E-state index contributed by atoms with van der Waals surface area (Å²) in [5, 5.41) is 18.2. The normalized spacial score (nSPS) is 10.4. The van der Waals surface area contributed by atoms with Crippen LogP contribution in [0.4, 0.5) is 0 Å². The fourth-order valence-corrected chi connectivity index (χ4v) is 1.49. The van der Waals surface area contributed by atoms with Crippen molar-refractivity contribution < 1.29 is 14.9 Å². The second kappa shape index (κ2) is 5.57. The lowest BCUT2D eigenvalue weighted by atomic mass is 10.2. The van der Waals surface area contributed by atoms with Gasteiger partial charge in [0.05, 0.1) is 18.8 Å². The summed E-state index contributed by atoms with van der Waals surface area (Å²) in [4.78, 5) is 8.13. The standard InChI is InChI=1S/C13H14N2O3/c1-9-14-6-11(8-17)13(15-9)18-12-4-2-3-10(5-12)7-16/h2-6,16-17H,7-8H2,1H3. The number of ether oxygens (including phenoxy) is 1. The quantitative estimate of drug-likeness (QED) is 0.856. The fourth-order valence-electron chi connectivity index (χ4n) is 1.49. The predicted molar refractivity (Wildman–Crippen MR) is 65.1 cm³/mol. The molecule has 1 aromatic carbocycles. The summed E-state index contributed by atoms with van der Waals surface area (Å²) in [7, 11) is 0. The van der Waals surface area contributed by atoms with Crippen LogP contribution < -0.4 is 4.74 Å². The molecule has 5 heteroatoms. The Morgan fingerprint density at radius 1 is 1.22 bits per heavy atom. The molecule has 0 saturated heterocycles. The summed E-state index contributed by atoms with van der Waals surface area (Å²) >= 11 is 0. The van der Waals surface area contributed by atoms with Crippen LogP contribution in [0.1, 0.15) is 17.0 Å². The zero-order valence-electron chi connectivity index (χ0n) is 10.00. The van der Waals surface area contributed by atoms with Crippen molar-refractivity contribution in [2.45, 2.75) is 20.1 Å². The second-order valence-electron chi connectivity index (χ2n) is 3.81. The van der Waals surface area contributed by atoms with Crippen molar-refractivity contribution in [2.24, 2.45) is 0 Å². The highest BCUT2D eigenvalue weighted by molar-refractivity contribution is 5.33. The summed E-state index contributed by atoms with van der Waals surface area (Å²) in [6, 6.07) is 7.06. The molecular weight excluding hydrogens is 232 g/mol. The van der Waals surface area contributed by atoms with Gasteiger partial charge in [0.15, 0.2) is 0 Å². The molecule has 5 nitrogen and oxygen atoms in total. The van der Waals surface area contributed by atoms with Gasteiger partial charge in [0.2, 0.25) is 5.88 Å². The van der Waals surface area contributed by atoms with Crippen LogP contribution in [0.25, 0.3) is 0 Å². The Balaban J connectivity index is 2.29. The minimum absolute atomic E-state index is 0.0488. The number of benzene rings is 1. The Morgan fingerprint density at radius 3 is 2.78 bits per heavy atom. The van der Waals surface area contributed by atoms with Crippen LogP contribution in [0.2, 0.25) is 0 Å². The van der Waals surface area contributed by atoms with Gasteiger partial charge in [-0.15, -0.1) is 0 Å². The van der Waals surface area contributed by atoms with Gasteiger partial charge in [-0.25, -0.2) is 4.98 Å². The first-order chi connectivity index (χ1) is 8.72. The van der Waals surface area contributed by atoms with Crippen LogP contribution in [0.15, 0.2) is 30.5 Å². The first-order valence-corrected chi connectivity index (χ1v) is 5.54. The van der Waals surface area contributed by atoms with Crippen LogP contribution in [0.3, 0.4) is 0 Å². The highest BCUT2D eigenvalue weighted by Gasteiger charge is 2.07. The Labute approximate surface area is 105 Å². The monoisotopic (exact) mass is 246 g/mol. The zero-order valence-corrected chi connectivity index (χ0v) is 10.00. The molecule has 0 radical (unpaired) electrons. The fraction of sp³-hybridized carbons (Fsp3) is 0.231. The molecule has 2 N–H and O–H groups in total. The van der Waals surface area contributed by atoms with E-state index in [1.807, 2.05) is 0 Å². The molecule has 0 aliphatic rings. The Kier molecular flexibility index (Phi) is 3.86. The van der Waals surface area contributed by atoms with Gasteiger partial charge in [-0.2, -0.15) is 4.98 Å². The van der Waals surface area contributed by atoms with Crippen LogP contribution >= 0.6 is 0 Å². The van der Waals surface area contributed by atoms with Gasteiger partial charge in [-0.1, -0.05) is 12.1 Å². The van der Waals surface area contributed by atoms with Gasteiger partial charge in [0.1, 0.15) is 11.6 Å². The minimum atomic E-state index is -0.185. The molecule has 0 atom stereocenters. The molecule has 94 valence electrons. The molecule has 0 saturated carbocycles. The van der Waals surface area contributed by atoms with Crippen LogP contribution in [-0.4, -0.2) is 20.2 Å². The van der Waals surface area contributed by atoms with E-state index in [0.29, 0.717) is 23.0 Å². The number of aryl methyl sites for hydroxylation is 1. The van der Waals surface area contributed by atoms with Gasteiger partial charge in [0, 0.05) is 6.20 Å². The predicted octanol–water partition coefficient (Wildman–Crippen LogP) is 1.56. The van der Waals surface area contributed by atoms with Crippen molar-refractivity contribution in [1.82, 2.24) is 9.97 Å². The maximum absolute atomic E-state index is 9.19. The highest BCUT2D eigenvalue weighted by atomic mass is 16.5. The first kappa shape index (κ1) is 12.5. The van der Waals surface area contributed by atoms with Gasteiger partial charge in [-0.3, -0.25) is 0 Å². The number of nitrogens with zero attached hydrogens (tertiary/aromatic N) is 2. The molecule has 0 aliphatic heterocycles. The molecule has 0 amide bonds. The number of aromatic nitrogens is 2. The summed E-state index contributed by atoms with van der Waals surface area (Å²) in [5.74, 6) is 1.47. The van der Waals surface area contributed by atoms with Gasteiger partial charge < -0.3 is 14.9 Å². The largest absolute Gasteiger partial charge is 0.439 e. The number of hydrogen-bond acceptors (Lipinski definition) is 5. The van der Waals surface area contributed by atoms with E-state index in [1.54, 1.807) is 31.2 Å². The van der Waals surface area contributed by atoms with E-state index in [-0.39, 0.29) is 13.2 Å². The zero-order chi connectivity index (χ0) is 13.0. The molecule has 0 unspecified atom stereocenters. The maximum Gasteiger partial charge on any atom is 0.228 e. The van der Waals surface area contributed by atoms with E-state index in [9.17, 15) is 5.11 Å². The molecule has 0 bridgehead atoms. The van der Waals surface area contributed by atoms with E-state index in [1.165, 1.54) is 6.20 Å². The lowest BCUT2D eigenvalue weighted by Gasteiger charge is -2.09. The van der Waals surface area contributed by atoms with Crippen molar-refractivity contribution >= 4 is 0 Å². The third-order valence-electron chi connectivity index (χ3n) is 2.41. The number of aliphatic hydroxyl groups excluding tert-OH is 2. The molecule has 18 heavy (non-hydrogen) atoms. The summed E-state index contributed by atoms with van der Waals surface area (Å²) in [5.41, 5.74) is 1.28. The third-order valence-corrected chi connectivity index (χ3v) is 2.41. The molecule has 1 aromatic heterocycles. The summed E-state index contributed by atoms with van der Waals surface area (Å²) < 4.78 is 5.60. The lowest BCUT2D eigenvalue weighted by Crippen LogP contribution is -1.99. The molecule has 2 aromatic rings. The van der Waals surface area contributed by atoms with E-state index >= 15 is 0 Å². The van der Waals surface area contributed by atoms with Crippen molar-refractivity contribution in [3.05, 3.63) is 47.4 Å². The molecular formula is C13H14N2O3. The maximum atomic E-state index is 9.19. The van der Waals surface area contributed by atoms with Crippen molar-refractivity contribution in [3.63, 3.8) is 0 Å². The van der Waals surface area contributed by atoms with Crippen LogP contribution in [0, 0.1) is 6.92 Å². The average Bonchev–Trinajstić information content (AvgIpc) is 2.39. The van der Waals surface area contributed by atoms with Gasteiger partial charge in [-0.05, 0) is 24.6 Å². The molecule has 2 rings (SSSR count). The first-order valence-electron chi connectivity index (χ1n) is 5.54. The SMILES string of the molecule is Cc1ncc(CO)c(Oc2cccc(CO)c2)n1. The summed E-state index contributed by atoms with van der Waals surface area (Å²) in [6.07, 6.45) is 1.54. The van der Waals surface area contributed by atoms with E-state index in [0.717, 1.165) is 5.56 Å². The van der Waals surface area contributed by atoms with Crippen LogP contribution in [0.5, 0.6) is 11.6 Å². The molecule has 0 spiro atoms. The molecule has 0 fully saturated rings. The topological polar surface area (TPSA) is 75.5 Å². The number of aliphatic hydroxyl groups is 2. The van der Waals surface area contributed by atoms with Crippen molar-refractivity contribution in [1.29, 1.82) is 0 Å².